The molecule has 1 heterocycles. The maximum atomic E-state index is 12.6. The molecule has 2 aromatic carbocycles. The van der Waals surface area contributed by atoms with Crippen LogP contribution in [0.25, 0.3) is 11.1 Å². The molecule has 1 aliphatic heterocycles. The molecule has 0 bridgehead atoms. The summed E-state index contributed by atoms with van der Waals surface area (Å²) < 4.78 is 64.9. The van der Waals surface area contributed by atoms with Gasteiger partial charge in [0.05, 0.1) is 16.4 Å². The van der Waals surface area contributed by atoms with E-state index in [0.717, 1.165) is 12.1 Å². The number of benzene rings is 2. The first-order chi connectivity index (χ1) is 13.1. The Labute approximate surface area is 159 Å². The van der Waals surface area contributed by atoms with Crippen LogP contribution >= 0.6 is 0 Å². The molecule has 1 fully saturated rings. The summed E-state index contributed by atoms with van der Waals surface area (Å²) >= 11 is 0. The number of hydrogen-bond donors (Lipinski definition) is 2. The Morgan fingerprint density at radius 2 is 1.57 bits per heavy atom. The van der Waals surface area contributed by atoms with Crippen molar-refractivity contribution in [2.24, 2.45) is 5.92 Å². The van der Waals surface area contributed by atoms with Crippen LogP contribution in [0, 0.1) is 5.92 Å². The van der Waals surface area contributed by atoms with Crippen LogP contribution in [0.1, 0.15) is 12.0 Å². The fourth-order valence-electron chi connectivity index (χ4n) is 2.88. The standard InChI is InChI=1S/C18H17F3N2O4S/c19-18(20,21)15-5-1-12(2-6-15)13-3-7-16(8-4-13)28(26,27)22-11-14-9-10-23(25)17(14)24/h1-8,14,22,25H,9-11H2. The van der Waals surface area contributed by atoms with E-state index in [9.17, 15) is 31.6 Å². The van der Waals surface area contributed by atoms with E-state index in [2.05, 4.69) is 4.72 Å². The largest absolute Gasteiger partial charge is 0.416 e. The fourth-order valence-corrected chi connectivity index (χ4v) is 3.97. The van der Waals surface area contributed by atoms with E-state index >= 15 is 0 Å². The first-order valence-electron chi connectivity index (χ1n) is 8.35. The number of alkyl halides is 3. The quantitative estimate of drug-likeness (QED) is 0.737. The zero-order valence-corrected chi connectivity index (χ0v) is 15.3. The summed E-state index contributed by atoms with van der Waals surface area (Å²) in [6.45, 7) is 0.0337. The first-order valence-corrected chi connectivity index (χ1v) is 9.84. The highest BCUT2D eigenvalue weighted by molar-refractivity contribution is 7.89. The molecule has 28 heavy (non-hydrogen) atoms. The topological polar surface area (TPSA) is 86.7 Å². The molecule has 1 amide bonds. The van der Waals surface area contributed by atoms with Crippen LogP contribution in [0.5, 0.6) is 0 Å². The van der Waals surface area contributed by atoms with E-state index < -0.39 is 33.6 Å². The maximum Gasteiger partial charge on any atom is 0.416 e. The number of hydrogen-bond acceptors (Lipinski definition) is 4. The average Bonchev–Trinajstić information content (AvgIpc) is 2.98. The molecule has 0 aromatic heterocycles. The predicted molar refractivity (Wildman–Crippen MR) is 93.7 cm³/mol. The van der Waals surface area contributed by atoms with Crippen LogP contribution in [-0.2, 0) is 21.0 Å². The summed E-state index contributed by atoms with van der Waals surface area (Å²) in [6, 6.07) is 10.2. The van der Waals surface area contributed by atoms with Gasteiger partial charge in [0.2, 0.25) is 15.9 Å². The van der Waals surface area contributed by atoms with Gasteiger partial charge in [-0.05, 0) is 41.8 Å². The van der Waals surface area contributed by atoms with Crippen LogP contribution in [0.15, 0.2) is 53.4 Å². The summed E-state index contributed by atoms with van der Waals surface area (Å²) in [5.41, 5.74) is 0.321. The zero-order chi connectivity index (χ0) is 20.5. The Morgan fingerprint density at radius 1 is 1.04 bits per heavy atom. The third-order valence-electron chi connectivity index (χ3n) is 4.52. The third-order valence-corrected chi connectivity index (χ3v) is 5.96. The lowest BCUT2D eigenvalue weighted by molar-refractivity contribution is -0.159. The molecule has 0 radical (unpaired) electrons. The van der Waals surface area contributed by atoms with Crippen molar-refractivity contribution in [3.05, 3.63) is 54.1 Å². The number of sulfonamides is 1. The van der Waals surface area contributed by atoms with Crippen LogP contribution in [0.2, 0.25) is 0 Å². The van der Waals surface area contributed by atoms with Gasteiger partial charge in [0.1, 0.15) is 0 Å². The van der Waals surface area contributed by atoms with Gasteiger partial charge in [-0.25, -0.2) is 18.2 Å². The number of rotatable bonds is 5. The van der Waals surface area contributed by atoms with Crippen LogP contribution in [0.4, 0.5) is 13.2 Å². The molecule has 1 saturated heterocycles. The summed E-state index contributed by atoms with van der Waals surface area (Å²) in [7, 11) is -3.86. The van der Waals surface area contributed by atoms with Crippen molar-refractivity contribution >= 4 is 15.9 Å². The van der Waals surface area contributed by atoms with E-state index in [4.69, 9.17) is 0 Å². The minimum absolute atomic E-state index is 0.0329. The number of nitrogens with one attached hydrogen (secondary N) is 1. The number of hydroxylamine groups is 2. The predicted octanol–water partition coefficient (Wildman–Crippen LogP) is 2.89. The van der Waals surface area contributed by atoms with Crippen LogP contribution < -0.4 is 4.72 Å². The van der Waals surface area contributed by atoms with Crippen molar-refractivity contribution in [2.75, 3.05) is 13.1 Å². The summed E-state index contributed by atoms with van der Waals surface area (Å²) in [5.74, 6) is -1.15. The summed E-state index contributed by atoms with van der Waals surface area (Å²) in [5, 5.41) is 9.83. The van der Waals surface area contributed by atoms with Gasteiger partial charge < -0.3 is 0 Å². The van der Waals surface area contributed by atoms with Gasteiger partial charge in [0.15, 0.2) is 0 Å². The minimum atomic E-state index is -4.42. The van der Waals surface area contributed by atoms with Crippen LogP contribution in [-0.4, -0.2) is 37.7 Å². The molecular formula is C18H17F3N2O4S. The normalized spacial score (nSPS) is 17.9. The monoisotopic (exact) mass is 414 g/mol. The van der Waals surface area contributed by atoms with Crippen molar-refractivity contribution in [3.8, 4) is 11.1 Å². The molecule has 3 rings (SSSR count). The van der Waals surface area contributed by atoms with Crippen LogP contribution in [0.3, 0.4) is 0 Å². The lowest BCUT2D eigenvalue weighted by Crippen LogP contribution is -2.33. The smallest absolute Gasteiger partial charge is 0.286 e. The molecule has 1 atom stereocenters. The molecular weight excluding hydrogens is 397 g/mol. The van der Waals surface area contributed by atoms with E-state index in [1.807, 2.05) is 0 Å². The van der Waals surface area contributed by atoms with Gasteiger partial charge in [-0.1, -0.05) is 24.3 Å². The molecule has 150 valence electrons. The lowest BCUT2D eigenvalue weighted by atomic mass is 10.0. The molecule has 2 N–H and O–H groups in total. The van der Waals surface area contributed by atoms with Gasteiger partial charge in [-0.15, -0.1) is 0 Å². The zero-order valence-electron chi connectivity index (χ0n) is 14.5. The summed E-state index contributed by atoms with van der Waals surface area (Å²) in [6.07, 6.45) is -4.07. The van der Waals surface area contributed by atoms with E-state index in [0.29, 0.717) is 22.6 Å². The number of halogens is 3. The van der Waals surface area contributed by atoms with Crippen molar-refractivity contribution in [1.29, 1.82) is 0 Å². The first kappa shape index (κ1) is 20.3. The summed E-state index contributed by atoms with van der Waals surface area (Å²) in [4.78, 5) is 11.6. The fraction of sp³-hybridized carbons (Fsp3) is 0.278. The second-order valence-electron chi connectivity index (χ2n) is 6.40. The Bertz CT molecular complexity index is 958. The van der Waals surface area contributed by atoms with Gasteiger partial charge in [0.25, 0.3) is 0 Å². The Hall–Kier alpha value is -2.43. The minimum Gasteiger partial charge on any atom is -0.286 e. The SMILES string of the molecule is O=C1C(CNS(=O)(=O)c2ccc(-c3ccc(C(F)(F)F)cc3)cc2)CCN1O. The average molecular weight is 414 g/mol. The molecule has 0 spiro atoms. The third kappa shape index (κ3) is 4.34. The second kappa shape index (κ2) is 7.53. The Kier molecular flexibility index (Phi) is 5.46. The van der Waals surface area contributed by atoms with Crippen molar-refractivity contribution in [2.45, 2.75) is 17.5 Å². The number of carbonyl (C=O) groups excluding carboxylic acids is 1. The highest BCUT2D eigenvalue weighted by Gasteiger charge is 2.32. The van der Waals surface area contributed by atoms with E-state index in [1.165, 1.54) is 36.4 Å². The van der Waals surface area contributed by atoms with Crippen molar-refractivity contribution in [3.63, 3.8) is 0 Å². The van der Waals surface area contributed by atoms with Gasteiger partial charge >= 0.3 is 6.18 Å². The molecule has 1 unspecified atom stereocenters. The van der Waals surface area contributed by atoms with Crippen molar-refractivity contribution in [1.82, 2.24) is 9.79 Å². The van der Waals surface area contributed by atoms with Gasteiger partial charge in [0, 0.05) is 13.1 Å². The molecule has 2 aromatic rings. The molecule has 6 nitrogen and oxygen atoms in total. The maximum absolute atomic E-state index is 12.6. The highest BCUT2D eigenvalue weighted by atomic mass is 32.2. The number of amides is 1. The molecule has 0 saturated carbocycles. The second-order valence-corrected chi connectivity index (χ2v) is 8.17. The Balaban J connectivity index is 1.70. The molecule has 10 heteroatoms. The number of carbonyl (C=O) groups is 1. The molecule has 1 aliphatic rings. The van der Waals surface area contributed by atoms with E-state index in [1.54, 1.807) is 0 Å². The molecule has 0 aliphatic carbocycles. The van der Waals surface area contributed by atoms with Crippen molar-refractivity contribution < 1.29 is 31.6 Å². The van der Waals surface area contributed by atoms with Gasteiger partial charge in [-0.3, -0.25) is 10.0 Å². The van der Waals surface area contributed by atoms with Gasteiger partial charge in [-0.2, -0.15) is 13.2 Å². The Morgan fingerprint density at radius 3 is 2.04 bits per heavy atom. The number of nitrogens with zero attached hydrogens (tertiary/aromatic N) is 1. The van der Waals surface area contributed by atoms with E-state index in [-0.39, 0.29) is 18.0 Å². The lowest BCUT2D eigenvalue weighted by Gasteiger charge is -2.12. The highest BCUT2D eigenvalue weighted by Crippen LogP contribution is 2.31.